The lowest BCUT2D eigenvalue weighted by atomic mass is 10.1. The fraction of sp³-hybridized carbons (Fsp3) is 0.462. The van der Waals surface area contributed by atoms with Gasteiger partial charge in [0.2, 0.25) is 5.91 Å². The van der Waals surface area contributed by atoms with E-state index in [-0.39, 0.29) is 19.8 Å². The summed E-state index contributed by atoms with van der Waals surface area (Å²) in [7, 11) is 0. The third-order valence-corrected chi connectivity index (χ3v) is 6.17. The van der Waals surface area contributed by atoms with Crippen LogP contribution in [0.5, 0.6) is 0 Å². The lowest BCUT2D eigenvalue weighted by Gasteiger charge is -2.26. The molecule has 2 aromatic heterocycles. The highest BCUT2D eigenvalue weighted by Gasteiger charge is 2.29. The standard InChI is InChI=1S/C26H32F2N6O4/c1-26(2,29)24(35)30-21(16-37-14-17-11-18(27)13-19(28)12-17)23-32-31-22-8-6-7-20(34(22)23)15-38-25(36)33-9-4-3-5-10-33/h6-8,11-13,21H,3-5,9-10,14-16,29H2,1-2H3,(H,30,35)/t21-/m1/s1. The molecule has 0 spiro atoms. The molecule has 1 aliphatic rings. The summed E-state index contributed by atoms with van der Waals surface area (Å²) in [5, 5.41) is 11.3. The molecule has 2 amide bonds. The van der Waals surface area contributed by atoms with Gasteiger partial charge in [0.25, 0.3) is 0 Å². The molecule has 1 aliphatic heterocycles. The summed E-state index contributed by atoms with van der Waals surface area (Å²) < 4.78 is 40.2. The lowest BCUT2D eigenvalue weighted by Crippen LogP contribution is -2.51. The number of amides is 2. The highest BCUT2D eigenvalue weighted by atomic mass is 19.1. The number of benzene rings is 1. The summed E-state index contributed by atoms with van der Waals surface area (Å²) in [6, 6.07) is 7.56. The average Bonchev–Trinajstić information content (AvgIpc) is 3.31. The molecular formula is C26H32F2N6O4. The van der Waals surface area contributed by atoms with Crippen molar-refractivity contribution in [1.82, 2.24) is 24.8 Å². The number of carbonyl (C=O) groups excluding carboxylic acids is 2. The highest BCUT2D eigenvalue weighted by Crippen LogP contribution is 2.19. The minimum Gasteiger partial charge on any atom is -0.443 e. The van der Waals surface area contributed by atoms with E-state index in [0.29, 0.717) is 35.8 Å². The van der Waals surface area contributed by atoms with Crippen LogP contribution in [0.3, 0.4) is 0 Å². The van der Waals surface area contributed by atoms with Gasteiger partial charge in [-0.2, -0.15) is 0 Å². The number of rotatable bonds is 9. The van der Waals surface area contributed by atoms with Crippen LogP contribution in [0.25, 0.3) is 5.65 Å². The van der Waals surface area contributed by atoms with E-state index >= 15 is 0 Å². The van der Waals surface area contributed by atoms with Gasteiger partial charge in [-0.05, 0) is 62.9 Å². The van der Waals surface area contributed by atoms with Crippen LogP contribution < -0.4 is 11.1 Å². The number of carbonyl (C=O) groups is 2. The number of hydrogen-bond acceptors (Lipinski definition) is 7. The zero-order valence-electron chi connectivity index (χ0n) is 21.5. The number of aromatic nitrogens is 3. The van der Waals surface area contributed by atoms with Gasteiger partial charge in [-0.15, -0.1) is 10.2 Å². The molecule has 3 N–H and O–H groups in total. The van der Waals surface area contributed by atoms with Crippen LogP contribution in [0.15, 0.2) is 36.4 Å². The first-order valence-electron chi connectivity index (χ1n) is 12.5. The maximum absolute atomic E-state index is 13.6. The Bertz CT molecular complexity index is 1270. The van der Waals surface area contributed by atoms with E-state index in [2.05, 4.69) is 15.5 Å². The van der Waals surface area contributed by atoms with Gasteiger partial charge in [0.05, 0.1) is 24.4 Å². The van der Waals surface area contributed by atoms with E-state index in [1.165, 1.54) is 12.1 Å². The van der Waals surface area contributed by atoms with Crippen LogP contribution in [0.1, 0.15) is 56.2 Å². The normalized spacial score (nSPS) is 14.9. The largest absolute Gasteiger partial charge is 0.443 e. The molecule has 1 aromatic carbocycles. The van der Waals surface area contributed by atoms with Crippen LogP contribution in [-0.2, 0) is 27.5 Å². The number of fused-ring (bicyclic) bond motifs is 1. The van der Waals surface area contributed by atoms with Gasteiger partial charge in [0, 0.05) is 19.2 Å². The molecule has 0 radical (unpaired) electrons. The van der Waals surface area contributed by atoms with E-state index in [1.54, 1.807) is 41.3 Å². The van der Waals surface area contributed by atoms with Crippen molar-refractivity contribution in [2.24, 2.45) is 5.73 Å². The number of nitrogens with one attached hydrogen (secondary N) is 1. The quantitative estimate of drug-likeness (QED) is 0.435. The van der Waals surface area contributed by atoms with Crippen molar-refractivity contribution < 1.29 is 27.8 Å². The number of hydrogen-bond donors (Lipinski definition) is 2. The zero-order chi connectivity index (χ0) is 27.3. The number of pyridine rings is 1. The average molecular weight is 531 g/mol. The Morgan fingerprint density at radius 1 is 1.08 bits per heavy atom. The molecule has 12 heteroatoms. The van der Waals surface area contributed by atoms with Gasteiger partial charge in [-0.1, -0.05) is 6.07 Å². The third-order valence-electron chi connectivity index (χ3n) is 6.17. The maximum atomic E-state index is 13.6. The minimum atomic E-state index is -1.20. The smallest absolute Gasteiger partial charge is 0.410 e. The Morgan fingerprint density at radius 3 is 2.47 bits per heavy atom. The highest BCUT2D eigenvalue weighted by molar-refractivity contribution is 5.85. The molecule has 3 aromatic rings. The van der Waals surface area contributed by atoms with Gasteiger partial charge >= 0.3 is 6.09 Å². The van der Waals surface area contributed by atoms with Gasteiger partial charge in [0.15, 0.2) is 11.5 Å². The first-order chi connectivity index (χ1) is 18.1. The summed E-state index contributed by atoms with van der Waals surface area (Å²) in [5.41, 5.74) is 6.15. The molecule has 4 rings (SSSR count). The van der Waals surface area contributed by atoms with Crippen molar-refractivity contribution in [1.29, 1.82) is 0 Å². The number of nitrogens with zero attached hydrogens (tertiary/aromatic N) is 4. The number of halogens is 2. The molecule has 0 aliphatic carbocycles. The first kappa shape index (κ1) is 27.4. The summed E-state index contributed by atoms with van der Waals surface area (Å²) in [6.45, 7) is 4.20. The van der Waals surface area contributed by atoms with Gasteiger partial charge in [-0.3, -0.25) is 9.20 Å². The number of piperidine rings is 1. The fourth-order valence-electron chi connectivity index (χ4n) is 4.19. The molecule has 10 nitrogen and oxygen atoms in total. The molecule has 38 heavy (non-hydrogen) atoms. The molecule has 0 bridgehead atoms. The molecular weight excluding hydrogens is 498 g/mol. The van der Waals surface area contributed by atoms with Gasteiger partial charge < -0.3 is 25.4 Å². The summed E-state index contributed by atoms with van der Waals surface area (Å²) in [4.78, 5) is 27.0. The second-order valence-electron chi connectivity index (χ2n) is 9.91. The van der Waals surface area contributed by atoms with Crippen molar-refractivity contribution in [2.75, 3.05) is 19.7 Å². The van der Waals surface area contributed by atoms with Gasteiger partial charge in [0.1, 0.15) is 24.3 Å². The number of nitrogens with two attached hydrogens (primary N) is 1. The van der Waals surface area contributed by atoms with E-state index in [9.17, 15) is 18.4 Å². The SMILES string of the molecule is CC(C)(N)C(=O)N[C@H](COCc1cc(F)cc(F)c1)c1nnc2cccc(COC(=O)N3CCCCC3)n12. The molecule has 0 unspecified atom stereocenters. The van der Waals surface area contributed by atoms with Crippen LogP contribution in [0.4, 0.5) is 13.6 Å². The second-order valence-corrected chi connectivity index (χ2v) is 9.91. The van der Waals surface area contributed by atoms with Crippen molar-refractivity contribution in [3.8, 4) is 0 Å². The van der Waals surface area contributed by atoms with Crippen molar-refractivity contribution >= 4 is 17.6 Å². The molecule has 3 heterocycles. The summed E-state index contributed by atoms with van der Waals surface area (Å²) in [5.74, 6) is -1.57. The van der Waals surface area contributed by atoms with E-state index in [4.69, 9.17) is 15.2 Å². The second kappa shape index (κ2) is 11.8. The predicted molar refractivity (Wildman–Crippen MR) is 134 cm³/mol. The van der Waals surface area contributed by atoms with Crippen LogP contribution in [0.2, 0.25) is 0 Å². The van der Waals surface area contributed by atoms with Crippen molar-refractivity contribution in [2.45, 2.75) is 57.9 Å². The topological polar surface area (TPSA) is 124 Å². The number of ether oxygens (including phenoxy) is 2. The van der Waals surface area contributed by atoms with Crippen LogP contribution >= 0.6 is 0 Å². The predicted octanol–water partition coefficient (Wildman–Crippen LogP) is 3.24. The third kappa shape index (κ3) is 6.81. The van der Waals surface area contributed by atoms with Crippen LogP contribution in [0, 0.1) is 11.6 Å². The molecule has 1 saturated heterocycles. The summed E-state index contributed by atoms with van der Waals surface area (Å²) in [6.07, 6.45) is 2.59. The zero-order valence-corrected chi connectivity index (χ0v) is 21.5. The van der Waals surface area contributed by atoms with Crippen LogP contribution in [-0.4, -0.2) is 56.7 Å². The monoisotopic (exact) mass is 530 g/mol. The summed E-state index contributed by atoms with van der Waals surface area (Å²) >= 11 is 0. The molecule has 204 valence electrons. The Kier molecular flexibility index (Phi) is 8.52. The van der Waals surface area contributed by atoms with E-state index in [0.717, 1.165) is 25.3 Å². The Balaban J connectivity index is 1.56. The minimum absolute atomic E-state index is 0.0375. The molecule has 0 saturated carbocycles. The molecule has 1 atom stereocenters. The first-order valence-corrected chi connectivity index (χ1v) is 12.5. The molecule has 1 fully saturated rings. The maximum Gasteiger partial charge on any atom is 0.410 e. The van der Waals surface area contributed by atoms with Crippen molar-refractivity contribution in [3.05, 3.63) is 65.1 Å². The Labute approximate surface area is 219 Å². The fourth-order valence-corrected chi connectivity index (χ4v) is 4.19. The van der Waals surface area contributed by atoms with E-state index in [1.807, 2.05) is 0 Å². The lowest BCUT2D eigenvalue weighted by molar-refractivity contribution is -0.126. The number of likely N-dealkylation sites (tertiary alicyclic amines) is 1. The Hall–Kier alpha value is -3.64. The van der Waals surface area contributed by atoms with Crippen molar-refractivity contribution in [3.63, 3.8) is 0 Å². The van der Waals surface area contributed by atoms with E-state index < -0.39 is 35.2 Å². The van der Waals surface area contributed by atoms with Gasteiger partial charge in [-0.25, -0.2) is 13.6 Å². The Morgan fingerprint density at radius 2 is 1.79 bits per heavy atom.